The summed E-state index contributed by atoms with van der Waals surface area (Å²) in [5.41, 5.74) is -0.000263. The maximum atomic E-state index is 12.7. The normalized spacial score (nSPS) is 11.5. The summed E-state index contributed by atoms with van der Waals surface area (Å²) in [5, 5.41) is 3.80. The molecule has 3 rings (SSSR count). The Morgan fingerprint density at radius 3 is 2.48 bits per heavy atom. The number of rotatable bonds is 6. The zero-order chi connectivity index (χ0) is 21.2. The molecule has 0 aliphatic rings. The van der Waals surface area contributed by atoms with Crippen molar-refractivity contribution in [3.63, 3.8) is 0 Å². The molecule has 1 amide bonds. The molecular weight excluding hydrogens is 412 g/mol. The minimum absolute atomic E-state index is 0.197. The molecule has 6 nitrogen and oxygen atoms in total. The molecule has 0 unspecified atom stereocenters. The molecule has 152 valence electrons. The number of esters is 1. The van der Waals surface area contributed by atoms with E-state index in [1.165, 1.54) is 11.3 Å². The molecule has 0 spiro atoms. The Morgan fingerprint density at radius 1 is 1.14 bits per heavy atom. The summed E-state index contributed by atoms with van der Waals surface area (Å²) in [6.07, 6.45) is -0.197. The first kappa shape index (κ1) is 21.1. The van der Waals surface area contributed by atoms with Gasteiger partial charge in [-0.05, 0) is 70.2 Å². The van der Waals surface area contributed by atoms with Crippen LogP contribution in [-0.4, -0.2) is 28.6 Å². The van der Waals surface area contributed by atoms with E-state index in [0.29, 0.717) is 27.0 Å². The molecule has 0 aliphatic carbocycles. The number of benzene rings is 2. The second kappa shape index (κ2) is 8.39. The van der Waals surface area contributed by atoms with Crippen LogP contribution in [0.4, 0.5) is 5.13 Å². The minimum atomic E-state index is -1.13. The van der Waals surface area contributed by atoms with Crippen LogP contribution in [-0.2, 0) is 9.53 Å². The van der Waals surface area contributed by atoms with Gasteiger partial charge in [0.25, 0.3) is 5.91 Å². The largest absolute Gasteiger partial charge is 0.478 e. The van der Waals surface area contributed by atoms with Gasteiger partial charge in [0.05, 0.1) is 21.9 Å². The molecule has 0 radical (unpaired) electrons. The van der Waals surface area contributed by atoms with Crippen molar-refractivity contribution in [3.8, 4) is 5.75 Å². The highest BCUT2D eigenvalue weighted by atomic mass is 35.5. The van der Waals surface area contributed by atoms with Crippen LogP contribution in [0.2, 0.25) is 5.02 Å². The number of nitrogens with zero attached hydrogens (tertiary/aromatic N) is 1. The second-order valence-electron chi connectivity index (χ2n) is 7.18. The molecule has 2 aromatic carbocycles. The van der Waals surface area contributed by atoms with Gasteiger partial charge >= 0.3 is 5.97 Å². The highest BCUT2D eigenvalue weighted by Gasteiger charge is 2.31. The van der Waals surface area contributed by atoms with E-state index < -0.39 is 11.6 Å². The number of fused-ring (bicyclic) bond motifs is 1. The Hall–Kier alpha value is -2.64. The molecule has 29 heavy (non-hydrogen) atoms. The van der Waals surface area contributed by atoms with Gasteiger partial charge in [0.2, 0.25) is 0 Å². The van der Waals surface area contributed by atoms with Crippen LogP contribution in [0.5, 0.6) is 5.75 Å². The molecule has 1 heterocycles. The van der Waals surface area contributed by atoms with E-state index in [2.05, 4.69) is 10.3 Å². The van der Waals surface area contributed by atoms with E-state index in [1.807, 2.05) is 0 Å². The monoisotopic (exact) mass is 432 g/mol. The van der Waals surface area contributed by atoms with E-state index >= 15 is 0 Å². The Morgan fingerprint density at radius 2 is 1.83 bits per heavy atom. The van der Waals surface area contributed by atoms with Gasteiger partial charge in [0.1, 0.15) is 5.75 Å². The van der Waals surface area contributed by atoms with Gasteiger partial charge in [0.15, 0.2) is 10.7 Å². The van der Waals surface area contributed by atoms with Crippen molar-refractivity contribution in [2.75, 3.05) is 5.32 Å². The summed E-state index contributed by atoms with van der Waals surface area (Å²) in [6, 6.07) is 11.9. The highest BCUT2D eigenvalue weighted by Crippen LogP contribution is 2.28. The second-order valence-corrected chi connectivity index (χ2v) is 8.64. The first-order chi connectivity index (χ1) is 13.6. The lowest BCUT2D eigenvalue weighted by Crippen LogP contribution is -2.42. The number of aromatic nitrogens is 1. The van der Waals surface area contributed by atoms with Gasteiger partial charge in [-0.25, -0.2) is 9.78 Å². The Labute approximate surface area is 177 Å². The van der Waals surface area contributed by atoms with Crippen molar-refractivity contribution in [2.24, 2.45) is 0 Å². The molecule has 8 heteroatoms. The first-order valence-corrected chi connectivity index (χ1v) is 10.2. The number of hydrogen-bond acceptors (Lipinski definition) is 6. The van der Waals surface area contributed by atoms with Crippen molar-refractivity contribution in [3.05, 3.63) is 53.1 Å². The zero-order valence-electron chi connectivity index (χ0n) is 16.5. The van der Waals surface area contributed by atoms with E-state index in [-0.39, 0.29) is 12.0 Å². The molecule has 0 atom stereocenters. The average molecular weight is 433 g/mol. The number of ether oxygens (including phenoxy) is 2. The summed E-state index contributed by atoms with van der Waals surface area (Å²) in [5.74, 6) is -0.198. The summed E-state index contributed by atoms with van der Waals surface area (Å²) in [7, 11) is 0. The third-order valence-corrected chi connectivity index (χ3v) is 5.11. The van der Waals surface area contributed by atoms with Gasteiger partial charge < -0.3 is 9.47 Å². The number of nitrogens with one attached hydrogen (secondary N) is 1. The fourth-order valence-electron chi connectivity index (χ4n) is 2.48. The number of thiazole rings is 1. The number of anilines is 1. The number of hydrogen-bond donors (Lipinski definition) is 1. The molecule has 1 N–H and O–H groups in total. The van der Waals surface area contributed by atoms with Gasteiger partial charge in [-0.15, -0.1) is 0 Å². The van der Waals surface area contributed by atoms with Crippen LogP contribution in [0.1, 0.15) is 38.1 Å². The third-order valence-electron chi connectivity index (χ3n) is 3.92. The fraction of sp³-hybridized carbons (Fsp3) is 0.286. The van der Waals surface area contributed by atoms with Crippen LogP contribution < -0.4 is 10.1 Å². The smallest absolute Gasteiger partial charge is 0.338 e. The Balaban J connectivity index is 1.73. The summed E-state index contributed by atoms with van der Waals surface area (Å²) >= 11 is 7.15. The average Bonchev–Trinajstić information content (AvgIpc) is 3.04. The van der Waals surface area contributed by atoms with Crippen molar-refractivity contribution in [1.29, 1.82) is 0 Å². The number of amides is 1. The molecule has 0 aliphatic heterocycles. The fourth-order valence-corrected chi connectivity index (χ4v) is 3.50. The molecule has 0 saturated heterocycles. The molecule has 0 fully saturated rings. The van der Waals surface area contributed by atoms with Gasteiger partial charge in [-0.1, -0.05) is 22.9 Å². The topological polar surface area (TPSA) is 77.5 Å². The van der Waals surface area contributed by atoms with E-state index in [0.717, 1.165) is 4.70 Å². The van der Waals surface area contributed by atoms with Crippen LogP contribution in [0.15, 0.2) is 42.5 Å². The summed E-state index contributed by atoms with van der Waals surface area (Å²) < 4.78 is 11.8. The van der Waals surface area contributed by atoms with E-state index in [4.69, 9.17) is 21.1 Å². The lowest BCUT2D eigenvalue weighted by Gasteiger charge is -2.24. The summed E-state index contributed by atoms with van der Waals surface area (Å²) in [6.45, 7) is 6.93. The standard InChI is InChI=1S/C21H21ClN2O4S/c1-12(2)27-18(25)13-5-10-16-17(11-13)29-20(23-16)24-19(26)21(3,4)28-15-8-6-14(22)7-9-15/h5-12H,1-4H3,(H,23,24,26). The molecule has 0 saturated carbocycles. The Kier molecular flexibility index (Phi) is 6.10. The predicted molar refractivity (Wildman–Crippen MR) is 115 cm³/mol. The Bertz CT molecular complexity index is 1040. The summed E-state index contributed by atoms with van der Waals surface area (Å²) in [4.78, 5) is 29.2. The molecule has 3 aromatic rings. The minimum Gasteiger partial charge on any atom is -0.478 e. The van der Waals surface area contributed by atoms with Crippen LogP contribution in [0, 0.1) is 0 Å². The predicted octanol–water partition coefficient (Wildman–Crippen LogP) is 5.31. The van der Waals surface area contributed by atoms with Gasteiger partial charge in [-0.3, -0.25) is 10.1 Å². The van der Waals surface area contributed by atoms with Crippen molar-refractivity contribution in [1.82, 2.24) is 4.98 Å². The quantitative estimate of drug-likeness (QED) is 0.534. The highest BCUT2D eigenvalue weighted by molar-refractivity contribution is 7.22. The first-order valence-electron chi connectivity index (χ1n) is 9.01. The molecule has 1 aromatic heterocycles. The van der Waals surface area contributed by atoms with E-state index in [1.54, 1.807) is 70.2 Å². The zero-order valence-corrected chi connectivity index (χ0v) is 18.1. The third kappa shape index (κ3) is 5.25. The molecular formula is C21H21ClN2O4S. The van der Waals surface area contributed by atoms with Crippen LogP contribution in [0.3, 0.4) is 0 Å². The number of carbonyl (C=O) groups excluding carboxylic acids is 2. The number of halogens is 1. The van der Waals surface area contributed by atoms with Crippen molar-refractivity contribution < 1.29 is 19.1 Å². The molecule has 0 bridgehead atoms. The van der Waals surface area contributed by atoms with Crippen molar-refractivity contribution >= 4 is 50.2 Å². The maximum Gasteiger partial charge on any atom is 0.338 e. The van der Waals surface area contributed by atoms with Gasteiger partial charge in [0, 0.05) is 5.02 Å². The lowest BCUT2D eigenvalue weighted by molar-refractivity contribution is -0.128. The number of carbonyl (C=O) groups is 2. The van der Waals surface area contributed by atoms with Gasteiger partial charge in [-0.2, -0.15) is 0 Å². The van der Waals surface area contributed by atoms with Crippen molar-refractivity contribution in [2.45, 2.75) is 39.4 Å². The van der Waals surface area contributed by atoms with Crippen LogP contribution >= 0.6 is 22.9 Å². The maximum absolute atomic E-state index is 12.7. The SMILES string of the molecule is CC(C)OC(=O)c1ccc2nc(NC(=O)C(C)(C)Oc3ccc(Cl)cc3)sc2c1. The van der Waals surface area contributed by atoms with Crippen LogP contribution in [0.25, 0.3) is 10.2 Å². The van der Waals surface area contributed by atoms with E-state index in [9.17, 15) is 9.59 Å². The lowest BCUT2D eigenvalue weighted by atomic mass is 10.1.